The number of aryl methyl sites for hydroxylation is 1. The van der Waals surface area contributed by atoms with E-state index in [0.29, 0.717) is 22.9 Å². The molecule has 0 radical (unpaired) electrons. The Kier molecular flexibility index (Phi) is 4.15. The third kappa shape index (κ3) is 2.71. The monoisotopic (exact) mass is 313 g/mol. The summed E-state index contributed by atoms with van der Waals surface area (Å²) in [7, 11) is 0. The fourth-order valence-electron chi connectivity index (χ4n) is 1.68. The van der Waals surface area contributed by atoms with Gasteiger partial charge in [-0.15, -0.1) is 11.3 Å². The summed E-state index contributed by atoms with van der Waals surface area (Å²) in [6, 6.07) is 3.12. The Morgan fingerprint density at radius 2 is 2.20 bits per heavy atom. The summed E-state index contributed by atoms with van der Waals surface area (Å²) in [5.74, 6) is -0.898. The van der Waals surface area contributed by atoms with Gasteiger partial charge in [-0.05, 0) is 26.0 Å². The fraction of sp³-hybridized carbons (Fsp3) is 0.231. The lowest BCUT2D eigenvalue weighted by Crippen LogP contribution is -1.94. The molecule has 2 aromatic rings. The highest BCUT2D eigenvalue weighted by Crippen LogP contribution is 2.40. The number of thiazole rings is 1. The van der Waals surface area contributed by atoms with Gasteiger partial charge in [0.25, 0.3) is 0 Å². The van der Waals surface area contributed by atoms with Gasteiger partial charge in [0.05, 0.1) is 17.3 Å². The predicted octanol–water partition coefficient (Wildman–Crippen LogP) is 3.57. The van der Waals surface area contributed by atoms with Gasteiger partial charge in [0.15, 0.2) is 11.5 Å². The van der Waals surface area contributed by atoms with Gasteiger partial charge in [-0.2, -0.15) is 0 Å². The number of phenols is 1. The fourth-order valence-corrected chi connectivity index (χ4v) is 2.78. The quantitative estimate of drug-likeness (QED) is 0.902. The van der Waals surface area contributed by atoms with Crippen molar-refractivity contribution in [3.63, 3.8) is 0 Å². The molecule has 0 unspecified atom stereocenters. The van der Waals surface area contributed by atoms with Crippen molar-refractivity contribution in [3.05, 3.63) is 27.7 Å². The largest absolute Gasteiger partial charge is 0.503 e. The van der Waals surface area contributed by atoms with Gasteiger partial charge >= 0.3 is 5.97 Å². The smallest absolute Gasteiger partial charge is 0.347 e. The summed E-state index contributed by atoms with van der Waals surface area (Å²) in [6.07, 6.45) is 0. The molecule has 1 aromatic carbocycles. The second-order valence-electron chi connectivity index (χ2n) is 3.98. The molecule has 20 heavy (non-hydrogen) atoms. The van der Waals surface area contributed by atoms with Crippen LogP contribution >= 0.6 is 22.9 Å². The van der Waals surface area contributed by atoms with Crippen molar-refractivity contribution >= 4 is 28.9 Å². The number of carbonyl (C=O) groups is 1. The standard InChI is InChI=1S/C13H12ClNO4S/c1-3-19-9-5-7(4-8(14)10(9)16)12-15-6(2)11(20-12)13(17)18/h4-5,16H,3H2,1-2H3,(H,17,18). The molecule has 1 heterocycles. The van der Waals surface area contributed by atoms with Crippen LogP contribution in [0.25, 0.3) is 10.6 Å². The first-order valence-electron chi connectivity index (χ1n) is 5.80. The van der Waals surface area contributed by atoms with Crippen LogP contribution in [0.15, 0.2) is 12.1 Å². The summed E-state index contributed by atoms with van der Waals surface area (Å²) in [6.45, 7) is 3.80. The van der Waals surface area contributed by atoms with E-state index in [1.54, 1.807) is 19.9 Å². The van der Waals surface area contributed by atoms with Gasteiger partial charge in [-0.25, -0.2) is 9.78 Å². The van der Waals surface area contributed by atoms with Gasteiger partial charge in [0, 0.05) is 5.56 Å². The molecule has 1 aromatic heterocycles. The topological polar surface area (TPSA) is 79.7 Å². The zero-order chi connectivity index (χ0) is 14.9. The number of phenolic OH excluding ortho intramolecular Hbond substituents is 1. The number of rotatable bonds is 4. The summed E-state index contributed by atoms with van der Waals surface area (Å²) in [5.41, 5.74) is 1.05. The van der Waals surface area contributed by atoms with E-state index in [1.807, 2.05) is 0 Å². The van der Waals surface area contributed by atoms with E-state index in [9.17, 15) is 9.90 Å². The van der Waals surface area contributed by atoms with Crippen LogP contribution in [0.2, 0.25) is 5.02 Å². The molecule has 0 aliphatic rings. The van der Waals surface area contributed by atoms with Gasteiger partial charge in [-0.3, -0.25) is 0 Å². The first-order chi connectivity index (χ1) is 9.43. The van der Waals surface area contributed by atoms with Crippen LogP contribution in [0.1, 0.15) is 22.3 Å². The van der Waals surface area contributed by atoms with Crippen LogP contribution in [-0.4, -0.2) is 27.8 Å². The number of aromatic carboxylic acids is 1. The number of hydrogen-bond acceptors (Lipinski definition) is 5. The predicted molar refractivity (Wildman–Crippen MR) is 77.1 cm³/mol. The molecule has 0 atom stereocenters. The highest BCUT2D eigenvalue weighted by atomic mass is 35.5. The van der Waals surface area contributed by atoms with E-state index < -0.39 is 5.97 Å². The van der Waals surface area contributed by atoms with E-state index in [2.05, 4.69) is 4.98 Å². The van der Waals surface area contributed by atoms with Crippen LogP contribution in [0.3, 0.4) is 0 Å². The zero-order valence-electron chi connectivity index (χ0n) is 10.8. The third-order valence-corrected chi connectivity index (χ3v) is 4.05. The Morgan fingerprint density at radius 3 is 2.75 bits per heavy atom. The number of halogens is 1. The molecule has 0 fully saturated rings. The SMILES string of the molecule is CCOc1cc(-c2nc(C)c(C(=O)O)s2)cc(Cl)c1O. The molecule has 0 bridgehead atoms. The molecule has 0 aliphatic heterocycles. The lowest BCUT2D eigenvalue weighted by molar-refractivity contribution is 0.0701. The molecule has 0 spiro atoms. The molecule has 0 amide bonds. The van der Waals surface area contributed by atoms with Crippen LogP contribution in [0, 0.1) is 6.92 Å². The average molecular weight is 314 g/mol. The molecule has 7 heteroatoms. The Bertz CT molecular complexity index is 669. The first kappa shape index (κ1) is 14.6. The summed E-state index contributed by atoms with van der Waals surface area (Å²) in [5, 5.41) is 19.5. The van der Waals surface area contributed by atoms with Crippen molar-refractivity contribution in [2.75, 3.05) is 6.61 Å². The second kappa shape index (κ2) is 5.68. The van der Waals surface area contributed by atoms with Gasteiger partial charge < -0.3 is 14.9 Å². The maximum absolute atomic E-state index is 11.0. The van der Waals surface area contributed by atoms with Gasteiger partial charge in [0.2, 0.25) is 0 Å². The van der Waals surface area contributed by atoms with Crippen molar-refractivity contribution in [2.45, 2.75) is 13.8 Å². The normalized spacial score (nSPS) is 10.6. The van der Waals surface area contributed by atoms with Gasteiger partial charge in [0.1, 0.15) is 9.88 Å². The van der Waals surface area contributed by atoms with E-state index >= 15 is 0 Å². The molecule has 106 valence electrons. The molecular weight excluding hydrogens is 302 g/mol. The van der Waals surface area contributed by atoms with E-state index in [0.717, 1.165) is 11.3 Å². The summed E-state index contributed by atoms with van der Waals surface area (Å²) >= 11 is 7.00. The minimum atomic E-state index is -1.01. The lowest BCUT2D eigenvalue weighted by atomic mass is 10.2. The number of aromatic hydroxyl groups is 1. The molecule has 0 saturated carbocycles. The molecular formula is C13H12ClNO4S. The molecule has 0 aliphatic carbocycles. The van der Waals surface area contributed by atoms with Crippen LogP contribution in [0.4, 0.5) is 0 Å². The number of aromatic nitrogens is 1. The zero-order valence-corrected chi connectivity index (χ0v) is 12.4. The van der Waals surface area contributed by atoms with E-state index in [4.69, 9.17) is 21.4 Å². The Balaban J connectivity index is 2.52. The van der Waals surface area contributed by atoms with Crippen molar-refractivity contribution in [3.8, 4) is 22.1 Å². The number of nitrogens with zero attached hydrogens (tertiary/aromatic N) is 1. The van der Waals surface area contributed by atoms with Crippen LogP contribution in [-0.2, 0) is 0 Å². The van der Waals surface area contributed by atoms with E-state index in [-0.39, 0.29) is 21.4 Å². The minimum Gasteiger partial charge on any atom is -0.503 e. The minimum absolute atomic E-state index is 0.135. The Labute approximate surface area is 124 Å². The molecule has 0 saturated heterocycles. The molecule has 2 N–H and O–H groups in total. The Morgan fingerprint density at radius 1 is 1.50 bits per heavy atom. The number of hydrogen-bond donors (Lipinski definition) is 2. The molecule has 5 nitrogen and oxygen atoms in total. The number of carboxylic acids is 1. The number of benzene rings is 1. The highest BCUT2D eigenvalue weighted by Gasteiger charge is 2.17. The maximum atomic E-state index is 11.0. The third-order valence-electron chi connectivity index (χ3n) is 2.57. The summed E-state index contributed by atoms with van der Waals surface area (Å²) in [4.78, 5) is 15.4. The van der Waals surface area contributed by atoms with Crippen molar-refractivity contribution in [1.29, 1.82) is 0 Å². The van der Waals surface area contributed by atoms with Crippen LogP contribution in [0.5, 0.6) is 11.5 Å². The van der Waals surface area contributed by atoms with Crippen molar-refractivity contribution in [2.24, 2.45) is 0 Å². The summed E-state index contributed by atoms with van der Waals surface area (Å²) < 4.78 is 5.29. The maximum Gasteiger partial charge on any atom is 0.347 e. The first-order valence-corrected chi connectivity index (χ1v) is 6.99. The van der Waals surface area contributed by atoms with E-state index in [1.165, 1.54) is 6.07 Å². The lowest BCUT2D eigenvalue weighted by Gasteiger charge is -2.08. The van der Waals surface area contributed by atoms with Crippen molar-refractivity contribution in [1.82, 2.24) is 4.98 Å². The Hall–Kier alpha value is -1.79. The number of ether oxygens (including phenoxy) is 1. The average Bonchev–Trinajstić information content (AvgIpc) is 2.77. The van der Waals surface area contributed by atoms with Crippen LogP contribution < -0.4 is 4.74 Å². The highest BCUT2D eigenvalue weighted by molar-refractivity contribution is 7.17. The second-order valence-corrected chi connectivity index (χ2v) is 5.38. The van der Waals surface area contributed by atoms with Crippen molar-refractivity contribution < 1.29 is 19.7 Å². The molecule has 2 rings (SSSR count). The number of carboxylic acid groups (broad SMARTS) is 1. The van der Waals surface area contributed by atoms with Gasteiger partial charge in [-0.1, -0.05) is 11.6 Å².